The normalized spacial score (nSPS) is 13.0. The summed E-state index contributed by atoms with van der Waals surface area (Å²) in [6, 6.07) is 0. The number of hydrogen-bond acceptors (Lipinski definition) is 2. The molecule has 0 rings (SSSR count). The molecule has 0 spiro atoms. The van der Waals surface area contributed by atoms with E-state index in [1.807, 2.05) is 0 Å². The maximum absolute atomic E-state index is 6.03. The molecule has 110 valence electrons. The van der Waals surface area contributed by atoms with E-state index in [1.54, 1.807) is 0 Å². The van der Waals surface area contributed by atoms with E-state index < -0.39 is 0 Å². The van der Waals surface area contributed by atoms with Crippen molar-refractivity contribution in [1.29, 1.82) is 0 Å². The van der Waals surface area contributed by atoms with Gasteiger partial charge in [-0.15, -0.1) is 0 Å². The van der Waals surface area contributed by atoms with Crippen LogP contribution in [-0.2, 0) is 9.05 Å². The Hall–Kier alpha value is 0.780. The van der Waals surface area contributed by atoms with Crippen molar-refractivity contribution < 1.29 is 9.05 Å². The van der Waals surface area contributed by atoms with Crippen molar-refractivity contribution in [2.75, 3.05) is 13.2 Å². The third kappa shape index (κ3) is 7.39. The van der Waals surface area contributed by atoms with E-state index >= 15 is 0 Å². The van der Waals surface area contributed by atoms with Gasteiger partial charge in [-0.2, -0.15) is 0 Å². The summed E-state index contributed by atoms with van der Waals surface area (Å²) in [5.74, 6) is 0. The van der Waals surface area contributed by atoms with Crippen molar-refractivity contribution in [3.05, 3.63) is 0 Å². The second-order valence-corrected chi connectivity index (χ2v) is 11.8. The predicted octanol–water partition coefficient (Wildman–Crippen LogP) is 5.45. The molecule has 0 radical (unpaired) electrons. The zero-order valence-electron chi connectivity index (χ0n) is 13.4. The monoisotopic (exact) mass is 294 g/mol. The van der Waals surface area contributed by atoms with E-state index in [0.29, 0.717) is 22.6 Å². The molecule has 0 heterocycles. The molecule has 0 saturated heterocycles. The van der Waals surface area contributed by atoms with Crippen LogP contribution in [0.15, 0.2) is 0 Å². The first kappa shape index (κ1) is 18.8. The second kappa shape index (κ2) is 9.65. The highest BCUT2D eigenvalue weighted by atomic mass is 31.1. The summed E-state index contributed by atoms with van der Waals surface area (Å²) in [4.78, 5) is 0. The van der Waals surface area contributed by atoms with Gasteiger partial charge in [0.1, 0.15) is 0 Å². The molecule has 0 aliphatic heterocycles. The van der Waals surface area contributed by atoms with Crippen LogP contribution in [0, 0.1) is 0 Å². The Balaban J connectivity index is 3.96. The lowest BCUT2D eigenvalue weighted by Gasteiger charge is -2.27. The molecule has 0 aromatic heterocycles. The Morgan fingerprint density at radius 2 is 0.778 bits per heavy atom. The van der Waals surface area contributed by atoms with E-state index in [2.05, 4.69) is 55.4 Å². The summed E-state index contributed by atoms with van der Waals surface area (Å²) in [5, 5.41) is 0. The highest BCUT2D eigenvalue weighted by Gasteiger charge is 2.20. The Kier molecular flexibility index (Phi) is 10.1. The first-order valence-electron chi connectivity index (χ1n) is 7.09. The molecule has 0 unspecified atom stereocenters. The van der Waals surface area contributed by atoms with Crippen LogP contribution in [0.25, 0.3) is 0 Å². The van der Waals surface area contributed by atoms with E-state index in [9.17, 15) is 0 Å². The minimum absolute atomic E-state index is 0.313. The lowest BCUT2D eigenvalue weighted by molar-refractivity contribution is 0.241. The zero-order chi connectivity index (χ0) is 14.3. The fourth-order valence-corrected chi connectivity index (χ4v) is 6.22. The van der Waals surface area contributed by atoms with Crippen LogP contribution >= 0.6 is 16.3 Å². The zero-order valence-corrected chi connectivity index (χ0v) is 15.2. The third-order valence-corrected chi connectivity index (χ3v) is 7.63. The molecule has 0 N–H and O–H groups in total. The van der Waals surface area contributed by atoms with Gasteiger partial charge in [0.2, 0.25) is 0 Å². The fraction of sp³-hybridized carbons (Fsp3) is 1.00. The molecule has 0 bridgehead atoms. The molecular weight excluding hydrogens is 262 g/mol. The Bertz CT molecular complexity index is 168. The summed E-state index contributed by atoms with van der Waals surface area (Å²) >= 11 is 0. The SMILES string of the molecule is CC(C)P(OCCOP(C(C)C)C(C)C)C(C)C. The van der Waals surface area contributed by atoms with Crippen LogP contribution < -0.4 is 0 Å². The van der Waals surface area contributed by atoms with Gasteiger partial charge in [0.25, 0.3) is 0 Å². The van der Waals surface area contributed by atoms with Crippen molar-refractivity contribution in [1.82, 2.24) is 0 Å². The van der Waals surface area contributed by atoms with Gasteiger partial charge in [-0.05, 0) is 22.6 Å². The van der Waals surface area contributed by atoms with Crippen LogP contribution in [0.5, 0.6) is 0 Å². The number of rotatable bonds is 9. The van der Waals surface area contributed by atoms with Gasteiger partial charge in [0.15, 0.2) is 0 Å². The van der Waals surface area contributed by atoms with Gasteiger partial charge in [-0.1, -0.05) is 55.4 Å². The minimum Gasteiger partial charge on any atom is -0.356 e. The number of hydrogen-bond donors (Lipinski definition) is 0. The molecule has 0 aliphatic rings. The van der Waals surface area contributed by atoms with Crippen LogP contribution in [0.3, 0.4) is 0 Å². The molecule has 0 aromatic rings. The van der Waals surface area contributed by atoms with Crippen molar-refractivity contribution in [3.8, 4) is 0 Å². The van der Waals surface area contributed by atoms with Crippen LogP contribution in [0.1, 0.15) is 55.4 Å². The average molecular weight is 294 g/mol. The second-order valence-electron chi connectivity index (χ2n) is 5.76. The van der Waals surface area contributed by atoms with Gasteiger partial charge < -0.3 is 9.05 Å². The predicted molar refractivity (Wildman–Crippen MR) is 86.3 cm³/mol. The van der Waals surface area contributed by atoms with Crippen molar-refractivity contribution in [2.45, 2.75) is 78.0 Å². The molecule has 0 amide bonds. The molecule has 0 aromatic carbocycles. The highest BCUT2D eigenvalue weighted by molar-refractivity contribution is 7.54. The molecule has 0 atom stereocenters. The standard InChI is InChI=1S/C14H32O2P2/c1-11(2)17(12(3)4)15-9-10-16-18(13(5)6)14(7)8/h11-14H,9-10H2,1-8H3. The smallest absolute Gasteiger partial charge is 0.0746 e. The first-order chi connectivity index (χ1) is 8.27. The molecule has 4 heteroatoms. The average Bonchev–Trinajstić information content (AvgIpc) is 2.20. The maximum atomic E-state index is 6.03. The molecule has 2 nitrogen and oxygen atoms in total. The van der Waals surface area contributed by atoms with E-state index in [-0.39, 0.29) is 16.3 Å². The quantitative estimate of drug-likeness (QED) is 0.416. The molecule has 0 aliphatic carbocycles. The lowest BCUT2D eigenvalue weighted by Crippen LogP contribution is -2.12. The molecule has 0 saturated carbocycles. The summed E-state index contributed by atoms with van der Waals surface area (Å²) < 4.78 is 12.1. The van der Waals surface area contributed by atoms with Gasteiger partial charge in [-0.25, -0.2) is 0 Å². The Labute approximate surface area is 117 Å². The van der Waals surface area contributed by atoms with E-state index in [0.717, 1.165) is 13.2 Å². The van der Waals surface area contributed by atoms with Gasteiger partial charge >= 0.3 is 0 Å². The fourth-order valence-electron chi connectivity index (χ4n) is 2.07. The summed E-state index contributed by atoms with van der Waals surface area (Å²) in [7, 11) is -0.626. The van der Waals surface area contributed by atoms with Crippen molar-refractivity contribution >= 4 is 16.3 Å². The van der Waals surface area contributed by atoms with Gasteiger partial charge in [-0.3, -0.25) is 0 Å². The first-order valence-corrected chi connectivity index (χ1v) is 9.89. The van der Waals surface area contributed by atoms with E-state index in [1.165, 1.54) is 0 Å². The lowest BCUT2D eigenvalue weighted by atomic mass is 10.5. The molecule has 0 fully saturated rings. The van der Waals surface area contributed by atoms with Crippen molar-refractivity contribution in [2.24, 2.45) is 0 Å². The third-order valence-electron chi connectivity index (χ3n) is 2.60. The molecular formula is C14H32O2P2. The summed E-state index contributed by atoms with van der Waals surface area (Å²) in [5.41, 5.74) is 2.54. The van der Waals surface area contributed by atoms with Gasteiger partial charge in [0.05, 0.1) is 13.2 Å². The minimum atomic E-state index is -0.313. The summed E-state index contributed by atoms with van der Waals surface area (Å²) in [6.45, 7) is 19.5. The van der Waals surface area contributed by atoms with Gasteiger partial charge in [0, 0.05) is 16.3 Å². The largest absolute Gasteiger partial charge is 0.356 e. The Morgan fingerprint density at radius 3 is 0.944 bits per heavy atom. The van der Waals surface area contributed by atoms with E-state index in [4.69, 9.17) is 9.05 Å². The maximum Gasteiger partial charge on any atom is 0.0746 e. The molecule has 18 heavy (non-hydrogen) atoms. The Morgan fingerprint density at radius 1 is 0.556 bits per heavy atom. The van der Waals surface area contributed by atoms with Crippen molar-refractivity contribution in [3.63, 3.8) is 0 Å². The van der Waals surface area contributed by atoms with Crippen LogP contribution in [-0.4, -0.2) is 35.8 Å². The topological polar surface area (TPSA) is 18.5 Å². The van der Waals surface area contributed by atoms with Crippen LogP contribution in [0.2, 0.25) is 0 Å². The summed E-state index contributed by atoms with van der Waals surface area (Å²) in [6.07, 6.45) is 0. The highest BCUT2D eigenvalue weighted by Crippen LogP contribution is 2.48. The van der Waals surface area contributed by atoms with Crippen LogP contribution in [0.4, 0.5) is 0 Å².